The highest BCUT2D eigenvalue weighted by atomic mass is 32.2. The van der Waals surface area contributed by atoms with Gasteiger partial charge in [-0.25, -0.2) is 4.79 Å². The minimum Gasteiger partial charge on any atom is -0.465 e. The van der Waals surface area contributed by atoms with E-state index in [-0.39, 0.29) is 0 Å². The first-order valence-electron chi connectivity index (χ1n) is 7.97. The van der Waals surface area contributed by atoms with Crippen LogP contribution in [-0.4, -0.2) is 31.7 Å². The molecule has 0 aliphatic carbocycles. The summed E-state index contributed by atoms with van der Waals surface area (Å²) >= 11 is 1.81. The number of aromatic nitrogens is 3. The second-order valence-electron chi connectivity index (χ2n) is 5.70. The van der Waals surface area contributed by atoms with E-state index in [1.54, 1.807) is 18.5 Å². The summed E-state index contributed by atoms with van der Waals surface area (Å²) in [7, 11) is 0. The molecule has 0 atom stereocenters. The lowest BCUT2D eigenvalue weighted by molar-refractivity contribution is 0.210. The van der Waals surface area contributed by atoms with Gasteiger partial charge in [-0.1, -0.05) is 12.1 Å². The summed E-state index contributed by atoms with van der Waals surface area (Å²) in [4.78, 5) is 15.0. The molecule has 3 heterocycles. The number of hydrogen-bond donors (Lipinski definition) is 2. The predicted molar refractivity (Wildman–Crippen MR) is 97.9 cm³/mol. The summed E-state index contributed by atoms with van der Waals surface area (Å²) in [5, 5.41) is 17.3. The van der Waals surface area contributed by atoms with Crippen molar-refractivity contribution in [1.82, 2.24) is 14.8 Å². The van der Waals surface area contributed by atoms with Gasteiger partial charge in [0.25, 0.3) is 0 Å². The van der Waals surface area contributed by atoms with Gasteiger partial charge in [0, 0.05) is 41.5 Å². The van der Waals surface area contributed by atoms with Gasteiger partial charge in [0.2, 0.25) is 0 Å². The molecule has 6 nitrogen and oxygen atoms in total. The highest BCUT2D eigenvalue weighted by molar-refractivity contribution is 7.99. The normalized spacial score (nSPS) is 13.3. The Labute approximate surface area is 148 Å². The van der Waals surface area contributed by atoms with Crippen molar-refractivity contribution in [1.29, 1.82) is 0 Å². The van der Waals surface area contributed by atoms with E-state index in [9.17, 15) is 4.79 Å². The quantitative estimate of drug-likeness (QED) is 0.738. The fourth-order valence-corrected chi connectivity index (χ4v) is 4.08. The molecule has 1 amide bonds. The van der Waals surface area contributed by atoms with E-state index in [0.717, 1.165) is 46.1 Å². The van der Waals surface area contributed by atoms with E-state index < -0.39 is 6.09 Å². The van der Waals surface area contributed by atoms with Gasteiger partial charge in [-0.15, -0.1) is 11.8 Å². The number of thioether (sulfide) groups is 1. The number of benzene rings is 1. The maximum Gasteiger partial charge on any atom is 0.409 e. The molecule has 0 spiro atoms. The van der Waals surface area contributed by atoms with Crippen LogP contribution in [0.5, 0.6) is 0 Å². The van der Waals surface area contributed by atoms with Crippen molar-refractivity contribution in [2.24, 2.45) is 0 Å². The zero-order valence-corrected chi connectivity index (χ0v) is 14.2. The number of nitrogens with one attached hydrogen (secondary N) is 1. The second-order valence-corrected chi connectivity index (χ2v) is 6.78. The molecular weight excluding hydrogens is 336 g/mol. The van der Waals surface area contributed by atoms with Crippen LogP contribution in [0.25, 0.3) is 22.4 Å². The molecule has 25 heavy (non-hydrogen) atoms. The zero-order chi connectivity index (χ0) is 17.2. The standard InChI is InChI=1S/C18H16N4O2S/c23-18(24)20-14-4-1-3-13(11-14)16-15(12-5-7-19-8-6-12)17-22(21-16)9-2-10-25-17/h1,3-8,11,20H,2,9-10H2,(H,23,24). The highest BCUT2D eigenvalue weighted by Crippen LogP contribution is 2.41. The van der Waals surface area contributed by atoms with Crippen molar-refractivity contribution in [3.05, 3.63) is 48.8 Å². The number of fused-ring (bicyclic) bond motifs is 1. The number of carboxylic acid groups (broad SMARTS) is 1. The van der Waals surface area contributed by atoms with Gasteiger partial charge in [0.15, 0.2) is 0 Å². The SMILES string of the molecule is O=C(O)Nc1cccc(-c2nn3c(c2-c2ccncc2)SCCC3)c1. The van der Waals surface area contributed by atoms with E-state index in [1.165, 1.54) is 0 Å². The van der Waals surface area contributed by atoms with Crippen LogP contribution in [0, 0.1) is 0 Å². The summed E-state index contributed by atoms with van der Waals surface area (Å²) in [6, 6.07) is 11.3. The van der Waals surface area contributed by atoms with Gasteiger partial charge >= 0.3 is 6.09 Å². The Balaban J connectivity index is 1.87. The molecule has 0 fully saturated rings. The fraction of sp³-hybridized carbons (Fsp3) is 0.167. The van der Waals surface area contributed by atoms with Gasteiger partial charge in [-0.05, 0) is 36.2 Å². The third-order valence-corrected chi connectivity index (χ3v) is 5.20. The first-order valence-corrected chi connectivity index (χ1v) is 8.95. The minimum atomic E-state index is -1.08. The smallest absolute Gasteiger partial charge is 0.409 e. The lowest BCUT2D eigenvalue weighted by Gasteiger charge is -2.14. The molecule has 0 saturated carbocycles. The van der Waals surface area contributed by atoms with E-state index in [1.807, 2.05) is 42.1 Å². The van der Waals surface area contributed by atoms with Crippen LogP contribution in [0.15, 0.2) is 53.8 Å². The zero-order valence-electron chi connectivity index (χ0n) is 13.3. The third kappa shape index (κ3) is 3.10. The van der Waals surface area contributed by atoms with Crippen LogP contribution in [0.3, 0.4) is 0 Å². The Morgan fingerprint density at radius 2 is 2.04 bits per heavy atom. The maximum absolute atomic E-state index is 10.9. The maximum atomic E-state index is 10.9. The monoisotopic (exact) mass is 352 g/mol. The molecule has 7 heteroatoms. The largest absolute Gasteiger partial charge is 0.465 e. The third-order valence-electron chi connectivity index (χ3n) is 4.02. The highest BCUT2D eigenvalue weighted by Gasteiger charge is 2.23. The van der Waals surface area contributed by atoms with Gasteiger partial charge in [0.05, 0.1) is 0 Å². The number of hydrogen-bond acceptors (Lipinski definition) is 4. The Kier molecular flexibility index (Phi) is 4.15. The average molecular weight is 352 g/mol. The minimum absolute atomic E-state index is 0.532. The van der Waals surface area contributed by atoms with E-state index >= 15 is 0 Å². The lowest BCUT2D eigenvalue weighted by Crippen LogP contribution is -2.08. The molecule has 4 rings (SSSR count). The Hall–Kier alpha value is -2.80. The molecule has 126 valence electrons. The molecule has 3 aromatic rings. The summed E-state index contributed by atoms with van der Waals surface area (Å²) in [6.07, 6.45) is 3.57. The summed E-state index contributed by atoms with van der Waals surface area (Å²) < 4.78 is 2.05. The molecular formula is C18H16N4O2S. The van der Waals surface area contributed by atoms with Crippen molar-refractivity contribution in [3.63, 3.8) is 0 Å². The molecule has 2 aromatic heterocycles. The Bertz CT molecular complexity index is 924. The van der Waals surface area contributed by atoms with Crippen molar-refractivity contribution < 1.29 is 9.90 Å². The number of anilines is 1. The number of carbonyl (C=O) groups is 1. The molecule has 1 aromatic carbocycles. The van der Waals surface area contributed by atoms with Crippen LogP contribution < -0.4 is 5.32 Å². The van der Waals surface area contributed by atoms with E-state index in [4.69, 9.17) is 10.2 Å². The van der Waals surface area contributed by atoms with Crippen LogP contribution in [0.4, 0.5) is 10.5 Å². The predicted octanol–water partition coefficient (Wildman–Crippen LogP) is 4.20. The van der Waals surface area contributed by atoms with Crippen LogP contribution in [-0.2, 0) is 6.54 Å². The summed E-state index contributed by atoms with van der Waals surface area (Å²) in [5.74, 6) is 1.07. The molecule has 0 unspecified atom stereocenters. The number of aryl methyl sites for hydroxylation is 1. The van der Waals surface area contributed by atoms with E-state index in [2.05, 4.69) is 15.0 Å². The first kappa shape index (κ1) is 15.7. The molecule has 1 aliphatic heterocycles. The summed E-state index contributed by atoms with van der Waals surface area (Å²) in [5.41, 5.74) is 4.44. The number of rotatable bonds is 3. The van der Waals surface area contributed by atoms with Crippen LogP contribution in [0.1, 0.15) is 6.42 Å². The van der Waals surface area contributed by atoms with Crippen molar-refractivity contribution in [2.75, 3.05) is 11.1 Å². The molecule has 0 bridgehead atoms. The first-order chi connectivity index (χ1) is 12.2. The molecule has 1 aliphatic rings. The van der Waals surface area contributed by atoms with E-state index in [0.29, 0.717) is 5.69 Å². The second kappa shape index (κ2) is 6.60. The Morgan fingerprint density at radius 1 is 1.20 bits per heavy atom. The number of amides is 1. The summed E-state index contributed by atoms with van der Waals surface area (Å²) in [6.45, 7) is 0.896. The van der Waals surface area contributed by atoms with Gasteiger partial charge in [0.1, 0.15) is 10.7 Å². The Morgan fingerprint density at radius 3 is 2.84 bits per heavy atom. The molecule has 0 saturated heterocycles. The van der Waals surface area contributed by atoms with Crippen LogP contribution >= 0.6 is 11.8 Å². The van der Waals surface area contributed by atoms with Crippen molar-refractivity contribution in [3.8, 4) is 22.4 Å². The lowest BCUT2D eigenvalue weighted by atomic mass is 10.0. The fourth-order valence-electron chi connectivity index (χ4n) is 2.98. The van der Waals surface area contributed by atoms with Crippen molar-refractivity contribution in [2.45, 2.75) is 18.0 Å². The average Bonchev–Trinajstić information content (AvgIpc) is 3.02. The van der Waals surface area contributed by atoms with Gasteiger partial charge < -0.3 is 5.11 Å². The van der Waals surface area contributed by atoms with Gasteiger partial charge in [-0.2, -0.15) is 5.10 Å². The van der Waals surface area contributed by atoms with Crippen LogP contribution in [0.2, 0.25) is 0 Å². The van der Waals surface area contributed by atoms with Crippen molar-refractivity contribution >= 4 is 23.5 Å². The topological polar surface area (TPSA) is 80.0 Å². The number of pyridine rings is 1. The molecule has 0 radical (unpaired) electrons. The molecule has 2 N–H and O–H groups in total. The van der Waals surface area contributed by atoms with Gasteiger partial charge in [-0.3, -0.25) is 15.0 Å². The number of nitrogens with zero attached hydrogens (tertiary/aromatic N) is 3.